The number of nitrogens with zero attached hydrogens (tertiary/aromatic N) is 3. The SMILES string of the molecule is Cc1ccc(C)c(C2=NN(C(=O)CN(C)Cc3ccccc3)C(c3cc(C)ccc3C)C2)c1. The summed E-state index contributed by atoms with van der Waals surface area (Å²) in [6, 6.07) is 23.1. The Hall–Kier alpha value is -3.24. The number of carbonyl (C=O) groups is 1. The maximum Gasteiger partial charge on any atom is 0.257 e. The summed E-state index contributed by atoms with van der Waals surface area (Å²) in [5.74, 6) is 0.0274. The molecule has 0 aliphatic carbocycles. The largest absolute Gasteiger partial charge is 0.293 e. The summed E-state index contributed by atoms with van der Waals surface area (Å²) in [5.41, 5.74) is 9.28. The van der Waals surface area contributed by atoms with Crippen LogP contribution in [0.1, 0.15) is 51.4 Å². The second kappa shape index (κ2) is 9.72. The van der Waals surface area contributed by atoms with Gasteiger partial charge in [0, 0.05) is 18.5 Å². The van der Waals surface area contributed by atoms with E-state index in [1.165, 1.54) is 33.4 Å². The van der Waals surface area contributed by atoms with E-state index in [0.717, 1.165) is 24.2 Å². The van der Waals surface area contributed by atoms with Crippen molar-refractivity contribution in [1.29, 1.82) is 0 Å². The van der Waals surface area contributed by atoms with Crippen LogP contribution >= 0.6 is 0 Å². The average molecular weight is 440 g/mol. The van der Waals surface area contributed by atoms with Crippen LogP contribution in [-0.4, -0.2) is 35.1 Å². The maximum atomic E-state index is 13.5. The summed E-state index contributed by atoms with van der Waals surface area (Å²) in [5, 5.41) is 6.66. The number of hydrazone groups is 1. The Kier molecular flexibility index (Phi) is 6.75. The molecule has 4 rings (SSSR count). The molecule has 3 aromatic rings. The first-order valence-electron chi connectivity index (χ1n) is 11.6. The Morgan fingerprint density at radius 2 is 1.61 bits per heavy atom. The third-order valence-corrected chi connectivity index (χ3v) is 6.36. The van der Waals surface area contributed by atoms with Crippen LogP contribution in [0.3, 0.4) is 0 Å². The molecule has 1 aliphatic heterocycles. The van der Waals surface area contributed by atoms with Crippen molar-refractivity contribution in [3.63, 3.8) is 0 Å². The van der Waals surface area contributed by atoms with Gasteiger partial charge in [0.1, 0.15) is 0 Å². The van der Waals surface area contributed by atoms with E-state index in [9.17, 15) is 4.79 Å². The number of likely N-dealkylation sites (N-methyl/N-ethyl adjacent to an activating group) is 1. The van der Waals surface area contributed by atoms with Crippen LogP contribution in [0.4, 0.5) is 0 Å². The zero-order valence-corrected chi connectivity index (χ0v) is 20.3. The van der Waals surface area contributed by atoms with E-state index >= 15 is 0 Å². The van der Waals surface area contributed by atoms with Crippen LogP contribution in [0.15, 0.2) is 71.8 Å². The fraction of sp³-hybridized carbons (Fsp3) is 0.310. The smallest absolute Gasteiger partial charge is 0.257 e. The van der Waals surface area contributed by atoms with Gasteiger partial charge >= 0.3 is 0 Å². The average Bonchev–Trinajstić information content (AvgIpc) is 3.23. The Bertz CT molecular complexity index is 1180. The van der Waals surface area contributed by atoms with Crippen molar-refractivity contribution in [2.45, 2.75) is 46.7 Å². The topological polar surface area (TPSA) is 35.9 Å². The number of hydrogen-bond donors (Lipinski definition) is 0. The fourth-order valence-electron chi connectivity index (χ4n) is 4.57. The highest BCUT2D eigenvalue weighted by Crippen LogP contribution is 2.35. The van der Waals surface area contributed by atoms with E-state index in [1.807, 2.05) is 25.2 Å². The molecule has 0 bridgehead atoms. The standard InChI is InChI=1S/C29H33N3O/c1-20-11-13-22(3)25(15-20)27-17-28(26-16-21(2)12-14-23(26)4)32(30-27)29(33)19-31(5)18-24-9-7-6-8-10-24/h6-16,28H,17-19H2,1-5H3. The summed E-state index contributed by atoms with van der Waals surface area (Å²) in [4.78, 5) is 15.6. The molecule has 1 atom stereocenters. The van der Waals surface area contributed by atoms with E-state index in [0.29, 0.717) is 6.54 Å². The van der Waals surface area contributed by atoms with Crippen LogP contribution < -0.4 is 0 Å². The van der Waals surface area contributed by atoms with Crippen LogP contribution in [-0.2, 0) is 11.3 Å². The second-order valence-corrected chi connectivity index (χ2v) is 9.34. The second-order valence-electron chi connectivity index (χ2n) is 9.34. The predicted octanol–water partition coefficient (Wildman–Crippen LogP) is 5.73. The lowest BCUT2D eigenvalue weighted by Gasteiger charge is -2.26. The molecule has 170 valence electrons. The van der Waals surface area contributed by atoms with Gasteiger partial charge in [-0.25, -0.2) is 5.01 Å². The summed E-state index contributed by atoms with van der Waals surface area (Å²) in [6.07, 6.45) is 0.725. The molecule has 0 fully saturated rings. The van der Waals surface area contributed by atoms with Gasteiger partial charge in [0.2, 0.25) is 0 Å². The van der Waals surface area contributed by atoms with Crippen molar-refractivity contribution in [2.75, 3.05) is 13.6 Å². The normalized spacial score (nSPS) is 15.8. The summed E-state index contributed by atoms with van der Waals surface area (Å²) >= 11 is 0. The number of rotatable bonds is 6. The van der Waals surface area contributed by atoms with E-state index in [4.69, 9.17) is 5.10 Å². The number of hydrogen-bond acceptors (Lipinski definition) is 3. The first-order valence-corrected chi connectivity index (χ1v) is 11.6. The Morgan fingerprint density at radius 1 is 0.939 bits per heavy atom. The minimum atomic E-state index is -0.0857. The molecule has 1 aliphatic rings. The van der Waals surface area contributed by atoms with Crippen LogP contribution in [0.2, 0.25) is 0 Å². The lowest BCUT2D eigenvalue weighted by molar-refractivity contribution is -0.134. The molecule has 0 N–H and O–H groups in total. The highest BCUT2D eigenvalue weighted by molar-refractivity contribution is 6.04. The van der Waals surface area contributed by atoms with Crippen LogP contribution in [0.25, 0.3) is 0 Å². The zero-order valence-electron chi connectivity index (χ0n) is 20.3. The molecule has 4 nitrogen and oxygen atoms in total. The Morgan fingerprint density at radius 3 is 2.33 bits per heavy atom. The molecule has 1 unspecified atom stereocenters. The van der Waals surface area contributed by atoms with E-state index < -0.39 is 0 Å². The van der Waals surface area contributed by atoms with Gasteiger partial charge in [0.05, 0.1) is 18.3 Å². The highest BCUT2D eigenvalue weighted by atomic mass is 16.2. The maximum absolute atomic E-state index is 13.5. The van der Waals surface area contributed by atoms with E-state index in [-0.39, 0.29) is 11.9 Å². The van der Waals surface area contributed by atoms with Gasteiger partial charge in [0.15, 0.2) is 0 Å². The minimum absolute atomic E-state index is 0.0274. The molecule has 0 saturated heterocycles. The van der Waals surface area contributed by atoms with E-state index in [2.05, 4.69) is 81.1 Å². The molecule has 1 amide bonds. The summed E-state index contributed by atoms with van der Waals surface area (Å²) in [7, 11) is 1.99. The molecule has 0 aromatic heterocycles. The molecule has 4 heteroatoms. The third kappa shape index (κ3) is 5.23. The van der Waals surface area contributed by atoms with Crippen molar-refractivity contribution in [3.05, 3.63) is 106 Å². The molecule has 3 aromatic carbocycles. The van der Waals surface area contributed by atoms with Crippen molar-refractivity contribution in [3.8, 4) is 0 Å². The molecule has 0 saturated carbocycles. The first-order chi connectivity index (χ1) is 15.8. The predicted molar refractivity (Wildman–Crippen MR) is 135 cm³/mol. The minimum Gasteiger partial charge on any atom is -0.293 e. The number of amides is 1. The van der Waals surface area contributed by atoms with Crippen molar-refractivity contribution < 1.29 is 4.79 Å². The Labute approximate surface area is 197 Å². The number of carbonyl (C=O) groups excluding carboxylic acids is 1. The number of benzene rings is 3. The number of aryl methyl sites for hydroxylation is 4. The molecule has 0 spiro atoms. The quantitative estimate of drug-likeness (QED) is 0.492. The molecule has 33 heavy (non-hydrogen) atoms. The van der Waals surface area contributed by atoms with Gasteiger partial charge in [-0.2, -0.15) is 5.10 Å². The molecular formula is C29H33N3O. The van der Waals surface area contributed by atoms with Gasteiger partial charge in [0.25, 0.3) is 5.91 Å². The van der Waals surface area contributed by atoms with Crippen LogP contribution in [0, 0.1) is 27.7 Å². The van der Waals surface area contributed by atoms with Gasteiger partial charge in [-0.1, -0.05) is 71.8 Å². The Balaban J connectivity index is 1.64. The summed E-state index contributed by atoms with van der Waals surface area (Å²) < 4.78 is 0. The zero-order chi connectivity index (χ0) is 23.5. The highest BCUT2D eigenvalue weighted by Gasteiger charge is 2.34. The van der Waals surface area contributed by atoms with Gasteiger partial charge in [-0.3, -0.25) is 9.69 Å². The fourth-order valence-corrected chi connectivity index (χ4v) is 4.57. The molecule has 0 radical (unpaired) electrons. The molecular weight excluding hydrogens is 406 g/mol. The van der Waals surface area contributed by atoms with Crippen molar-refractivity contribution in [1.82, 2.24) is 9.91 Å². The monoisotopic (exact) mass is 439 g/mol. The first kappa shape index (κ1) is 22.9. The van der Waals surface area contributed by atoms with Gasteiger partial charge in [-0.15, -0.1) is 0 Å². The lowest BCUT2D eigenvalue weighted by atomic mass is 9.92. The van der Waals surface area contributed by atoms with E-state index in [1.54, 1.807) is 5.01 Å². The van der Waals surface area contributed by atoms with Crippen LogP contribution in [0.5, 0.6) is 0 Å². The van der Waals surface area contributed by atoms with Crippen molar-refractivity contribution in [2.24, 2.45) is 5.10 Å². The van der Waals surface area contributed by atoms with Gasteiger partial charge < -0.3 is 0 Å². The summed E-state index contributed by atoms with van der Waals surface area (Å²) in [6.45, 7) is 9.48. The molecule has 1 heterocycles. The van der Waals surface area contributed by atoms with Crippen molar-refractivity contribution >= 4 is 11.6 Å². The lowest BCUT2D eigenvalue weighted by Crippen LogP contribution is -2.36. The third-order valence-electron chi connectivity index (χ3n) is 6.36. The van der Waals surface area contributed by atoms with Gasteiger partial charge in [-0.05, 0) is 63.1 Å².